The maximum Gasteiger partial charge on any atom is 0.224 e. The minimum atomic E-state index is -1.01. The number of ether oxygens (including phenoxy) is 1. The Labute approximate surface area is 134 Å². The van der Waals surface area contributed by atoms with Crippen LogP contribution in [0, 0.1) is 0 Å². The minimum absolute atomic E-state index is 0.684. The second-order valence-corrected chi connectivity index (χ2v) is 5.52. The van der Waals surface area contributed by atoms with Crippen LogP contribution in [-0.2, 0) is 0 Å². The van der Waals surface area contributed by atoms with Crippen LogP contribution in [0.15, 0.2) is 84.9 Å². The first-order valence-electron chi connectivity index (χ1n) is 7.63. The van der Waals surface area contributed by atoms with E-state index in [1.807, 2.05) is 84.9 Å². The lowest BCUT2D eigenvalue weighted by Crippen LogP contribution is -2.07. The number of hydrogen-bond donors (Lipinski definition) is 1. The van der Waals surface area contributed by atoms with Crippen LogP contribution in [0.2, 0.25) is 0 Å². The van der Waals surface area contributed by atoms with Gasteiger partial charge in [-0.3, -0.25) is 0 Å². The van der Waals surface area contributed by atoms with Crippen LogP contribution in [0.4, 0.5) is 0 Å². The third-order valence-corrected chi connectivity index (χ3v) is 4.08. The average Bonchev–Trinajstić information content (AvgIpc) is 2.61. The van der Waals surface area contributed by atoms with Gasteiger partial charge in [0.2, 0.25) is 6.29 Å². The summed E-state index contributed by atoms with van der Waals surface area (Å²) in [6.07, 6.45) is -1.01. The largest absolute Gasteiger partial charge is 0.460 e. The smallest absolute Gasteiger partial charge is 0.224 e. The molecule has 4 rings (SSSR count). The summed E-state index contributed by atoms with van der Waals surface area (Å²) in [4.78, 5) is 0. The van der Waals surface area contributed by atoms with E-state index in [1.54, 1.807) is 0 Å². The Balaban J connectivity index is 1.75. The second kappa shape index (κ2) is 5.75. The van der Waals surface area contributed by atoms with Gasteiger partial charge in [0.25, 0.3) is 0 Å². The quantitative estimate of drug-likeness (QED) is 0.536. The van der Waals surface area contributed by atoms with Gasteiger partial charge in [-0.15, -0.1) is 0 Å². The fraction of sp³-hybridized carbons (Fsp3) is 0.0476. The van der Waals surface area contributed by atoms with E-state index in [2.05, 4.69) is 0 Å². The molecule has 4 aromatic rings. The van der Waals surface area contributed by atoms with Gasteiger partial charge in [-0.25, -0.2) is 0 Å². The molecule has 1 unspecified atom stereocenters. The van der Waals surface area contributed by atoms with Crippen molar-refractivity contribution >= 4 is 21.5 Å². The van der Waals surface area contributed by atoms with Gasteiger partial charge < -0.3 is 9.84 Å². The van der Waals surface area contributed by atoms with Crippen LogP contribution in [0.3, 0.4) is 0 Å². The second-order valence-electron chi connectivity index (χ2n) is 5.52. The molecule has 23 heavy (non-hydrogen) atoms. The molecule has 0 spiro atoms. The lowest BCUT2D eigenvalue weighted by Gasteiger charge is -2.17. The number of benzene rings is 4. The Morgan fingerprint density at radius 2 is 1.17 bits per heavy atom. The van der Waals surface area contributed by atoms with E-state index in [0.717, 1.165) is 27.1 Å². The summed E-state index contributed by atoms with van der Waals surface area (Å²) in [5.41, 5.74) is 0.774. The van der Waals surface area contributed by atoms with Gasteiger partial charge in [0.05, 0.1) is 0 Å². The van der Waals surface area contributed by atoms with Gasteiger partial charge in [0.1, 0.15) is 5.75 Å². The highest BCUT2D eigenvalue weighted by molar-refractivity contribution is 5.88. The van der Waals surface area contributed by atoms with Gasteiger partial charge in [0.15, 0.2) is 0 Å². The molecule has 0 heterocycles. The van der Waals surface area contributed by atoms with Crippen LogP contribution in [0.1, 0.15) is 11.9 Å². The summed E-state index contributed by atoms with van der Waals surface area (Å²) in [5, 5.41) is 14.8. The first-order valence-corrected chi connectivity index (χ1v) is 7.63. The van der Waals surface area contributed by atoms with Gasteiger partial charge in [-0.05, 0) is 22.2 Å². The van der Waals surface area contributed by atoms with Crippen LogP contribution in [0.25, 0.3) is 21.5 Å². The Bertz CT molecular complexity index is 965. The van der Waals surface area contributed by atoms with Gasteiger partial charge in [0, 0.05) is 10.9 Å². The van der Waals surface area contributed by atoms with E-state index in [9.17, 15) is 5.11 Å². The molecule has 0 bridgehead atoms. The van der Waals surface area contributed by atoms with Crippen molar-refractivity contribution in [1.29, 1.82) is 0 Å². The minimum Gasteiger partial charge on any atom is -0.460 e. The van der Waals surface area contributed by atoms with Crippen molar-refractivity contribution < 1.29 is 9.84 Å². The predicted octanol–water partition coefficient (Wildman–Crippen LogP) is 5.06. The van der Waals surface area contributed by atoms with E-state index in [-0.39, 0.29) is 0 Å². The van der Waals surface area contributed by atoms with Crippen molar-refractivity contribution in [1.82, 2.24) is 0 Å². The van der Waals surface area contributed by atoms with Crippen LogP contribution in [-0.4, -0.2) is 5.11 Å². The highest BCUT2D eigenvalue weighted by Gasteiger charge is 2.14. The molecule has 2 nitrogen and oxygen atoms in total. The van der Waals surface area contributed by atoms with E-state index >= 15 is 0 Å². The van der Waals surface area contributed by atoms with Crippen molar-refractivity contribution in [3.05, 3.63) is 90.5 Å². The third-order valence-electron chi connectivity index (χ3n) is 4.08. The summed E-state index contributed by atoms with van der Waals surface area (Å²) in [6, 6.07) is 27.7. The molecule has 0 aromatic heterocycles. The number of fused-ring (bicyclic) bond motifs is 2. The SMILES string of the molecule is OC(Oc1cccc2ccccc12)c1cccc2ccccc12. The molecule has 112 valence electrons. The molecule has 1 atom stereocenters. The summed E-state index contributed by atoms with van der Waals surface area (Å²) < 4.78 is 5.88. The number of aliphatic hydroxyl groups excluding tert-OH is 1. The van der Waals surface area contributed by atoms with Crippen molar-refractivity contribution in [2.45, 2.75) is 6.29 Å². The van der Waals surface area contributed by atoms with E-state index in [0.29, 0.717) is 5.75 Å². The van der Waals surface area contributed by atoms with Crippen molar-refractivity contribution in [2.24, 2.45) is 0 Å². The first-order chi connectivity index (χ1) is 11.3. The van der Waals surface area contributed by atoms with Crippen LogP contribution >= 0.6 is 0 Å². The van der Waals surface area contributed by atoms with Gasteiger partial charge >= 0.3 is 0 Å². The molecule has 1 N–H and O–H groups in total. The van der Waals surface area contributed by atoms with E-state index < -0.39 is 6.29 Å². The Morgan fingerprint density at radius 3 is 1.96 bits per heavy atom. The highest BCUT2D eigenvalue weighted by atomic mass is 16.6. The lowest BCUT2D eigenvalue weighted by atomic mass is 10.0. The fourth-order valence-corrected chi connectivity index (χ4v) is 2.95. The molecule has 0 radical (unpaired) electrons. The van der Waals surface area contributed by atoms with Gasteiger partial charge in [-0.1, -0.05) is 78.9 Å². The Morgan fingerprint density at radius 1 is 0.609 bits per heavy atom. The highest BCUT2D eigenvalue weighted by Crippen LogP contribution is 2.31. The average molecular weight is 300 g/mol. The molecule has 0 fully saturated rings. The maximum absolute atomic E-state index is 10.6. The normalized spacial score (nSPS) is 12.4. The van der Waals surface area contributed by atoms with Crippen molar-refractivity contribution in [2.75, 3.05) is 0 Å². The van der Waals surface area contributed by atoms with Crippen LogP contribution in [0.5, 0.6) is 5.75 Å². The monoisotopic (exact) mass is 300 g/mol. The third kappa shape index (κ3) is 2.54. The Kier molecular flexibility index (Phi) is 3.45. The zero-order chi connectivity index (χ0) is 15.6. The molecule has 0 aliphatic carbocycles. The fourth-order valence-electron chi connectivity index (χ4n) is 2.95. The molecule has 0 aliphatic heterocycles. The zero-order valence-corrected chi connectivity index (χ0v) is 12.5. The Hall–Kier alpha value is -2.84. The molecule has 0 aliphatic rings. The summed E-state index contributed by atoms with van der Waals surface area (Å²) in [6.45, 7) is 0. The molecule has 4 aromatic carbocycles. The topological polar surface area (TPSA) is 29.5 Å². The van der Waals surface area contributed by atoms with Crippen molar-refractivity contribution in [3.63, 3.8) is 0 Å². The number of hydrogen-bond acceptors (Lipinski definition) is 2. The molecule has 0 saturated carbocycles. The number of aliphatic hydroxyl groups is 1. The lowest BCUT2D eigenvalue weighted by molar-refractivity contribution is -0.0171. The standard InChI is InChI=1S/C21H16O2/c22-21(19-13-5-9-15-7-1-3-11-17(15)19)23-20-14-6-10-16-8-2-4-12-18(16)20/h1-14,21-22H. The predicted molar refractivity (Wildman–Crippen MR) is 93.5 cm³/mol. The van der Waals surface area contributed by atoms with Gasteiger partial charge in [-0.2, -0.15) is 0 Å². The molecule has 2 heteroatoms. The molecule has 0 saturated heterocycles. The van der Waals surface area contributed by atoms with E-state index in [4.69, 9.17) is 4.74 Å². The van der Waals surface area contributed by atoms with E-state index in [1.165, 1.54) is 0 Å². The van der Waals surface area contributed by atoms with Crippen LogP contribution < -0.4 is 4.74 Å². The zero-order valence-electron chi connectivity index (χ0n) is 12.5. The first kappa shape index (κ1) is 13.8. The molecular formula is C21H16O2. The summed E-state index contributed by atoms with van der Waals surface area (Å²) >= 11 is 0. The summed E-state index contributed by atoms with van der Waals surface area (Å²) in [5.74, 6) is 0.684. The summed E-state index contributed by atoms with van der Waals surface area (Å²) in [7, 11) is 0. The molecule has 0 amide bonds. The number of rotatable bonds is 3. The van der Waals surface area contributed by atoms with Crippen molar-refractivity contribution in [3.8, 4) is 5.75 Å². The maximum atomic E-state index is 10.6. The molecular weight excluding hydrogens is 284 g/mol.